The number of rotatable bonds is 4. The zero-order valence-electron chi connectivity index (χ0n) is 6.13. The molecule has 0 amide bonds. The predicted molar refractivity (Wildman–Crippen MR) is 40.1 cm³/mol. The van der Waals surface area contributed by atoms with Crippen LogP contribution in [0.2, 0.25) is 0 Å². The van der Waals surface area contributed by atoms with Crippen molar-refractivity contribution in [2.45, 2.75) is 0 Å². The van der Waals surface area contributed by atoms with E-state index in [1.807, 2.05) is 0 Å². The molecule has 0 radical (unpaired) electrons. The summed E-state index contributed by atoms with van der Waals surface area (Å²) in [6, 6.07) is 0. The van der Waals surface area contributed by atoms with Crippen molar-refractivity contribution in [3.05, 3.63) is 0 Å². The molecule has 0 saturated carbocycles. The summed E-state index contributed by atoms with van der Waals surface area (Å²) in [6.07, 6.45) is 0. The third-order valence-electron chi connectivity index (χ3n) is 0.632. The molecule has 13 heavy (non-hydrogen) atoms. The lowest BCUT2D eigenvalue weighted by atomic mass is 10.6. The summed E-state index contributed by atoms with van der Waals surface area (Å²) in [4.78, 5) is 0. The minimum absolute atomic E-state index is 0.398. The molecule has 0 bridgehead atoms. The smallest absolute Gasteiger partial charge is 0.398 e. The third kappa shape index (κ3) is 11.5. The van der Waals surface area contributed by atoms with Gasteiger partial charge in [0.1, 0.15) is 13.2 Å². The summed E-state index contributed by atoms with van der Waals surface area (Å²) in [7, 11) is -4.49. The van der Waals surface area contributed by atoms with Crippen LogP contribution >= 0.6 is 0 Å². The Kier molecular flexibility index (Phi) is 5.80. The second kappa shape index (κ2) is 6.03. The zero-order chi connectivity index (χ0) is 10.3. The van der Waals surface area contributed by atoms with E-state index in [4.69, 9.17) is 4.55 Å². The molecule has 0 saturated heterocycles. The van der Waals surface area contributed by atoms with Crippen LogP contribution in [0.4, 0.5) is 0 Å². The van der Waals surface area contributed by atoms with E-state index in [-0.39, 0.29) is 0 Å². The first-order valence-corrected chi connectivity index (χ1v) is 5.08. The highest BCUT2D eigenvalue weighted by Crippen LogP contribution is 1.83. The molecule has 7 nitrogen and oxygen atoms in total. The van der Waals surface area contributed by atoms with Crippen LogP contribution in [0.25, 0.3) is 0 Å². The normalized spacial score (nSPS) is 13.1. The molecule has 0 aliphatic heterocycles. The maximum atomic E-state index is 9.91. The maximum Gasteiger partial charge on any atom is 0.398 e. The maximum absolute atomic E-state index is 9.91. The van der Waals surface area contributed by atoms with Gasteiger partial charge in [-0.25, -0.2) is 8.39 Å². The Bertz CT molecular complexity index is 320. The fraction of sp³-hybridized carbons (Fsp3) is 0.500. The van der Waals surface area contributed by atoms with Gasteiger partial charge in [0.2, 0.25) is 0 Å². The van der Waals surface area contributed by atoms with Gasteiger partial charge in [-0.3, -0.25) is 8.74 Å². The molecule has 1 atom stereocenters. The van der Waals surface area contributed by atoms with Gasteiger partial charge in [-0.15, -0.1) is 0 Å². The van der Waals surface area contributed by atoms with Gasteiger partial charge in [0.25, 0.3) is 0 Å². The molecule has 1 unspecified atom stereocenters. The highest BCUT2D eigenvalue weighted by atomic mass is 32.3. The first-order valence-electron chi connectivity index (χ1n) is 2.72. The Morgan fingerprint density at radius 2 is 1.92 bits per heavy atom. The first-order chi connectivity index (χ1) is 5.92. The standard InChI is InChI=1S/C4H6O7S2/c5-12(6)10-3-1-2-4-11-13(7,8)9/h3-4H2,(H,5,6)(H,7,8,9)/p-1. The summed E-state index contributed by atoms with van der Waals surface area (Å²) in [5, 5.41) is 0. The lowest BCUT2D eigenvalue weighted by molar-refractivity contribution is 0.299. The Hall–Kier alpha value is -0.500. The largest absolute Gasteiger partial charge is 0.750 e. The van der Waals surface area contributed by atoms with Crippen molar-refractivity contribution in [2.75, 3.05) is 13.2 Å². The molecule has 76 valence electrons. The first kappa shape index (κ1) is 12.5. The average molecular weight is 229 g/mol. The summed E-state index contributed by atoms with van der Waals surface area (Å²) >= 11 is -2.65. The highest BCUT2D eigenvalue weighted by Gasteiger charge is 1.99. The van der Waals surface area contributed by atoms with Crippen molar-refractivity contribution in [1.82, 2.24) is 0 Å². The van der Waals surface area contributed by atoms with E-state index in [0.717, 1.165) is 0 Å². The molecule has 9 heteroatoms. The second-order valence-corrected chi connectivity index (χ2v) is 3.24. The van der Waals surface area contributed by atoms with Crippen molar-refractivity contribution in [2.24, 2.45) is 0 Å². The summed E-state index contributed by atoms with van der Waals surface area (Å²) in [6.45, 7) is -0.960. The predicted octanol–water partition coefficient (Wildman–Crippen LogP) is -1.38. The molecule has 0 aromatic heterocycles. The zero-order valence-corrected chi connectivity index (χ0v) is 7.76. The van der Waals surface area contributed by atoms with Crippen molar-refractivity contribution in [3.8, 4) is 11.8 Å². The molecule has 0 aliphatic rings. The van der Waals surface area contributed by atoms with Gasteiger partial charge in [0.05, 0.1) is 11.4 Å². The average Bonchev–Trinajstić information content (AvgIpc) is 1.93. The van der Waals surface area contributed by atoms with Gasteiger partial charge >= 0.3 is 10.4 Å². The van der Waals surface area contributed by atoms with Gasteiger partial charge in [-0.2, -0.15) is 8.42 Å². The molecule has 0 spiro atoms. The molecular weight excluding hydrogens is 224 g/mol. The van der Waals surface area contributed by atoms with E-state index in [2.05, 4.69) is 20.2 Å². The van der Waals surface area contributed by atoms with E-state index >= 15 is 0 Å². The van der Waals surface area contributed by atoms with E-state index in [1.54, 1.807) is 0 Å². The lowest BCUT2D eigenvalue weighted by Crippen LogP contribution is -2.03. The molecule has 0 aromatic carbocycles. The van der Waals surface area contributed by atoms with Gasteiger partial charge in [-0.1, -0.05) is 11.8 Å². The van der Waals surface area contributed by atoms with Crippen LogP contribution < -0.4 is 0 Å². The fourth-order valence-electron chi connectivity index (χ4n) is 0.284. The lowest BCUT2D eigenvalue weighted by Gasteiger charge is -1.99. The van der Waals surface area contributed by atoms with Crippen LogP contribution in [-0.2, 0) is 30.1 Å². The fourth-order valence-corrected chi connectivity index (χ4v) is 0.647. The van der Waals surface area contributed by atoms with E-state index < -0.39 is 35.0 Å². The van der Waals surface area contributed by atoms with Crippen LogP contribution in [0.1, 0.15) is 0 Å². The van der Waals surface area contributed by atoms with Crippen LogP contribution in [0.3, 0.4) is 0 Å². The highest BCUT2D eigenvalue weighted by molar-refractivity contribution is 7.80. The second-order valence-electron chi connectivity index (χ2n) is 1.51. The minimum atomic E-state index is -4.49. The van der Waals surface area contributed by atoms with E-state index in [1.165, 1.54) is 0 Å². The monoisotopic (exact) mass is 229 g/mol. The Morgan fingerprint density at radius 1 is 1.38 bits per heavy atom. The minimum Gasteiger partial charge on any atom is -0.750 e. The summed E-state index contributed by atoms with van der Waals surface area (Å²) in [5.41, 5.74) is 0. The van der Waals surface area contributed by atoms with Crippen molar-refractivity contribution >= 4 is 21.8 Å². The van der Waals surface area contributed by atoms with Crippen molar-refractivity contribution in [1.29, 1.82) is 0 Å². The van der Waals surface area contributed by atoms with Crippen LogP contribution in [0.15, 0.2) is 0 Å². The quantitative estimate of drug-likeness (QED) is 0.359. The van der Waals surface area contributed by atoms with Gasteiger partial charge in [-0.05, 0) is 0 Å². The molecule has 0 heterocycles. The number of hydrogen-bond acceptors (Lipinski definition) is 6. The van der Waals surface area contributed by atoms with Gasteiger partial charge < -0.3 is 4.55 Å². The Morgan fingerprint density at radius 3 is 2.38 bits per heavy atom. The third-order valence-corrected chi connectivity index (χ3v) is 1.36. The summed E-state index contributed by atoms with van der Waals surface area (Å²) < 4.78 is 55.0. The van der Waals surface area contributed by atoms with Crippen LogP contribution in [0, 0.1) is 11.8 Å². The summed E-state index contributed by atoms with van der Waals surface area (Å²) in [5.74, 6) is 4.21. The molecule has 1 N–H and O–H groups in total. The Labute approximate surface area is 77.5 Å². The van der Waals surface area contributed by atoms with Crippen molar-refractivity contribution < 1.29 is 30.1 Å². The van der Waals surface area contributed by atoms with E-state index in [9.17, 15) is 17.2 Å². The molecule has 0 aliphatic carbocycles. The van der Waals surface area contributed by atoms with Gasteiger partial charge in [0.15, 0.2) is 0 Å². The topological polar surface area (TPSA) is 113 Å². The van der Waals surface area contributed by atoms with E-state index in [0.29, 0.717) is 0 Å². The van der Waals surface area contributed by atoms with Crippen molar-refractivity contribution in [3.63, 3.8) is 0 Å². The molecular formula is C4H5O7S2-. The molecule has 0 fully saturated rings. The molecule has 0 aromatic rings. The van der Waals surface area contributed by atoms with Gasteiger partial charge in [0, 0.05) is 0 Å². The van der Waals surface area contributed by atoms with Crippen LogP contribution in [-0.4, -0.2) is 34.9 Å². The Balaban J connectivity index is 3.58. The number of hydrogen-bond donors (Lipinski definition) is 1. The SMILES string of the molecule is O=S([O-])OCC#CCOS(=O)(=O)O. The van der Waals surface area contributed by atoms with Crippen LogP contribution in [0.5, 0.6) is 0 Å². The molecule has 0 rings (SSSR count).